The second kappa shape index (κ2) is 7.42. The van der Waals surface area contributed by atoms with Crippen LogP contribution in [0.15, 0.2) is 64.1 Å². The molecule has 9 heteroatoms. The Morgan fingerprint density at radius 1 is 1.11 bits per heavy atom. The van der Waals surface area contributed by atoms with E-state index in [1.165, 1.54) is 43.5 Å². The smallest absolute Gasteiger partial charge is 0.291 e. The molecule has 0 fully saturated rings. The van der Waals surface area contributed by atoms with Crippen LogP contribution in [0.5, 0.6) is 0 Å². The third kappa shape index (κ3) is 4.29. The van der Waals surface area contributed by atoms with Gasteiger partial charge in [0, 0.05) is 5.02 Å². The summed E-state index contributed by atoms with van der Waals surface area (Å²) >= 11 is 5.96. The van der Waals surface area contributed by atoms with E-state index in [0.29, 0.717) is 5.02 Å². The average Bonchev–Trinajstić information content (AvgIpc) is 3.11. The second-order valence-electron chi connectivity index (χ2n) is 5.64. The molecule has 0 atom stereocenters. The summed E-state index contributed by atoms with van der Waals surface area (Å²) in [5.41, 5.74) is 0.493. The van der Waals surface area contributed by atoms with Crippen LogP contribution >= 0.6 is 11.6 Å². The molecule has 0 aliphatic rings. The Morgan fingerprint density at radius 2 is 1.89 bits per heavy atom. The van der Waals surface area contributed by atoms with Crippen molar-refractivity contribution in [1.82, 2.24) is 0 Å². The first-order valence-corrected chi connectivity index (χ1v) is 9.56. The number of sulfonamides is 1. The summed E-state index contributed by atoms with van der Waals surface area (Å²) < 4.78 is 46.0. The highest BCUT2D eigenvalue weighted by atomic mass is 35.5. The Kier molecular flexibility index (Phi) is 5.20. The van der Waals surface area contributed by atoms with Crippen LogP contribution < -0.4 is 10.0 Å². The zero-order chi connectivity index (χ0) is 19.6. The molecule has 1 heterocycles. The molecule has 0 spiro atoms. The molecular formula is C18H14ClFN2O4S. The average molecular weight is 409 g/mol. The van der Waals surface area contributed by atoms with Crippen LogP contribution in [-0.4, -0.2) is 14.3 Å². The van der Waals surface area contributed by atoms with E-state index in [4.69, 9.17) is 16.0 Å². The SMILES string of the molecule is Cc1cc(F)ccc1S(=O)(=O)Nc1ccc(Cl)cc1NC(=O)c1ccco1. The van der Waals surface area contributed by atoms with Crippen LogP contribution in [0.1, 0.15) is 16.1 Å². The summed E-state index contributed by atoms with van der Waals surface area (Å²) in [6, 6.07) is 10.6. The van der Waals surface area contributed by atoms with E-state index in [1.807, 2.05) is 0 Å². The van der Waals surface area contributed by atoms with Gasteiger partial charge in [0.25, 0.3) is 15.9 Å². The minimum Gasteiger partial charge on any atom is -0.459 e. The molecule has 0 bridgehead atoms. The van der Waals surface area contributed by atoms with Crippen LogP contribution in [0.4, 0.5) is 15.8 Å². The van der Waals surface area contributed by atoms with Crippen LogP contribution in [0.2, 0.25) is 5.02 Å². The van der Waals surface area contributed by atoms with Gasteiger partial charge in [-0.3, -0.25) is 9.52 Å². The minimum absolute atomic E-state index is 0.0539. The van der Waals surface area contributed by atoms with Crippen molar-refractivity contribution in [3.8, 4) is 0 Å². The van der Waals surface area contributed by atoms with E-state index < -0.39 is 21.7 Å². The number of carbonyl (C=O) groups is 1. The van der Waals surface area contributed by atoms with Crippen molar-refractivity contribution in [3.05, 3.63) is 77.0 Å². The fourth-order valence-corrected chi connectivity index (χ4v) is 3.89. The highest BCUT2D eigenvalue weighted by Crippen LogP contribution is 2.29. The molecule has 6 nitrogen and oxygen atoms in total. The summed E-state index contributed by atoms with van der Waals surface area (Å²) in [5.74, 6) is -1.05. The van der Waals surface area contributed by atoms with Gasteiger partial charge in [-0.1, -0.05) is 11.6 Å². The molecule has 27 heavy (non-hydrogen) atoms. The van der Waals surface area contributed by atoms with E-state index in [-0.39, 0.29) is 27.6 Å². The highest BCUT2D eigenvalue weighted by Gasteiger charge is 2.20. The lowest BCUT2D eigenvalue weighted by atomic mass is 10.2. The van der Waals surface area contributed by atoms with Crippen molar-refractivity contribution in [1.29, 1.82) is 0 Å². The molecule has 3 rings (SSSR count). The number of furan rings is 1. The summed E-state index contributed by atoms with van der Waals surface area (Å²) in [6.07, 6.45) is 1.34. The van der Waals surface area contributed by atoms with Crippen LogP contribution in [0.25, 0.3) is 0 Å². The number of hydrogen-bond acceptors (Lipinski definition) is 4. The number of aryl methyl sites for hydroxylation is 1. The van der Waals surface area contributed by atoms with Gasteiger partial charge in [-0.2, -0.15) is 0 Å². The monoisotopic (exact) mass is 408 g/mol. The van der Waals surface area contributed by atoms with Gasteiger partial charge in [0.15, 0.2) is 5.76 Å². The quantitative estimate of drug-likeness (QED) is 0.653. The molecule has 0 unspecified atom stereocenters. The number of carbonyl (C=O) groups excluding carboxylic acids is 1. The third-order valence-corrected chi connectivity index (χ3v) is 5.41. The van der Waals surface area contributed by atoms with Crippen LogP contribution in [0.3, 0.4) is 0 Å². The van der Waals surface area contributed by atoms with E-state index in [1.54, 1.807) is 6.07 Å². The van der Waals surface area contributed by atoms with E-state index in [9.17, 15) is 17.6 Å². The Labute approximate surface area is 160 Å². The van der Waals surface area contributed by atoms with Crippen LogP contribution in [0, 0.1) is 12.7 Å². The van der Waals surface area contributed by atoms with Gasteiger partial charge < -0.3 is 9.73 Å². The largest absolute Gasteiger partial charge is 0.459 e. The Balaban J connectivity index is 1.93. The van der Waals surface area contributed by atoms with Gasteiger partial charge in [-0.25, -0.2) is 12.8 Å². The number of hydrogen-bond donors (Lipinski definition) is 2. The summed E-state index contributed by atoms with van der Waals surface area (Å²) in [4.78, 5) is 12.1. The molecule has 140 valence electrons. The molecule has 3 aromatic rings. The number of halogens is 2. The predicted molar refractivity (Wildman–Crippen MR) is 100 cm³/mol. The van der Waals surface area contributed by atoms with E-state index >= 15 is 0 Å². The third-order valence-electron chi connectivity index (χ3n) is 3.65. The Hall–Kier alpha value is -2.84. The highest BCUT2D eigenvalue weighted by molar-refractivity contribution is 7.92. The van der Waals surface area contributed by atoms with Crippen molar-refractivity contribution in [3.63, 3.8) is 0 Å². The molecule has 0 aliphatic heterocycles. The first kappa shape index (κ1) is 18.9. The second-order valence-corrected chi connectivity index (χ2v) is 7.72. The standard InChI is InChI=1S/C18H14ClFN2O4S/c1-11-9-13(20)5-7-17(11)27(24,25)22-14-6-4-12(19)10-15(14)21-18(23)16-3-2-8-26-16/h2-10,22H,1H3,(H,21,23). The molecule has 1 aromatic heterocycles. The van der Waals surface area contributed by atoms with Gasteiger partial charge >= 0.3 is 0 Å². The summed E-state index contributed by atoms with van der Waals surface area (Å²) in [6.45, 7) is 1.49. The fraction of sp³-hybridized carbons (Fsp3) is 0.0556. The zero-order valence-corrected chi connectivity index (χ0v) is 15.6. The van der Waals surface area contributed by atoms with Gasteiger partial charge in [-0.15, -0.1) is 0 Å². The maximum Gasteiger partial charge on any atom is 0.291 e. The molecule has 0 aliphatic carbocycles. The lowest BCUT2D eigenvalue weighted by Gasteiger charge is -2.14. The summed E-state index contributed by atoms with van der Waals surface area (Å²) in [5, 5.41) is 2.84. The maximum atomic E-state index is 13.3. The Morgan fingerprint density at radius 3 is 2.56 bits per heavy atom. The molecule has 0 radical (unpaired) electrons. The van der Waals surface area contributed by atoms with Crippen molar-refractivity contribution < 1.29 is 22.0 Å². The van der Waals surface area contributed by atoms with Gasteiger partial charge in [0.1, 0.15) is 5.82 Å². The van der Waals surface area contributed by atoms with Crippen molar-refractivity contribution in [2.75, 3.05) is 10.0 Å². The van der Waals surface area contributed by atoms with E-state index in [2.05, 4.69) is 10.0 Å². The van der Waals surface area contributed by atoms with Crippen molar-refractivity contribution >= 4 is 38.9 Å². The van der Waals surface area contributed by atoms with Gasteiger partial charge in [-0.05, 0) is 61.0 Å². The number of nitrogens with one attached hydrogen (secondary N) is 2. The molecule has 2 aromatic carbocycles. The van der Waals surface area contributed by atoms with Gasteiger partial charge in [0.05, 0.1) is 22.5 Å². The fourth-order valence-electron chi connectivity index (χ4n) is 2.41. The number of benzene rings is 2. The summed E-state index contributed by atoms with van der Waals surface area (Å²) in [7, 11) is -4.02. The molecular weight excluding hydrogens is 395 g/mol. The topological polar surface area (TPSA) is 88.4 Å². The number of rotatable bonds is 5. The van der Waals surface area contributed by atoms with Crippen molar-refractivity contribution in [2.24, 2.45) is 0 Å². The normalized spacial score (nSPS) is 11.2. The Bertz CT molecular complexity index is 1100. The maximum absolute atomic E-state index is 13.3. The lowest BCUT2D eigenvalue weighted by Crippen LogP contribution is -2.17. The molecule has 0 saturated heterocycles. The van der Waals surface area contributed by atoms with Crippen molar-refractivity contribution in [2.45, 2.75) is 11.8 Å². The first-order valence-electron chi connectivity index (χ1n) is 7.69. The predicted octanol–water partition coefficient (Wildman–Crippen LogP) is 4.43. The molecule has 0 saturated carbocycles. The van der Waals surface area contributed by atoms with Crippen LogP contribution in [-0.2, 0) is 10.0 Å². The number of amides is 1. The molecule has 2 N–H and O–H groups in total. The zero-order valence-electron chi connectivity index (χ0n) is 14.0. The number of anilines is 2. The minimum atomic E-state index is -4.02. The molecule has 1 amide bonds. The van der Waals surface area contributed by atoms with Gasteiger partial charge in [0.2, 0.25) is 0 Å². The first-order chi connectivity index (χ1) is 12.8. The lowest BCUT2D eigenvalue weighted by molar-refractivity contribution is 0.0996. The van der Waals surface area contributed by atoms with E-state index in [0.717, 1.165) is 12.1 Å².